The lowest BCUT2D eigenvalue weighted by Gasteiger charge is -2.23. The van der Waals surface area contributed by atoms with Crippen LogP contribution in [-0.2, 0) is 24.7 Å². The smallest absolute Gasteiger partial charge is 0.241 e. The summed E-state index contributed by atoms with van der Waals surface area (Å²) < 4.78 is 74.3. The number of carbonyl (C=O) groups is 1. The quantitative estimate of drug-likeness (QED) is 0.701. The molecule has 1 N–H and O–H groups in total. The molecule has 1 atom stereocenters. The van der Waals surface area contributed by atoms with Crippen molar-refractivity contribution in [2.45, 2.75) is 17.9 Å². The third kappa shape index (κ3) is 5.97. The Morgan fingerprint density at radius 1 is 1.00 bits per heavy atom. The molecule has 11 heteroatoms. The molecule has 0 aliphatic rings. The fraction of sp³-hybridized carbons (Fsp3) is 0.278. The topological polar surface area (TPSA) is 101 Å². The maximum Gasteiger partial charge on any atom is 0.241 e. The Kier molecular flexibility index (Phi) is 6.63. The highest BCUT2D eigenvalue weighted by atomic mass is 32.2. The summed E-state index contributed by atoms with van der Waals surface area (Å²) in [5.74, 6) is -3.06. The summed E-state index contributed by atoms with van der Waals surface area (Å²) in [7, 11) is -7.30. The van der Waals surface area contributed by atoms with E-state index in [0.29, 0.717) is 15.9 Å². The SMILES string of the molecule is C[C@H](NC(=O)CN(c1ccc(F)c(F)c1)S(C)(=O)=O)c1ccc(S(C)(=O)=O)cc1. The van der Waals surface area contributed by atoms with Gasteiger partial charge in [0.2, 0.25) is 15.9 Å². The first-order chi connectivity index (χ1) is 13.3. The Hall–Kier alpha value is -2.53. The molecule has 0 fully saturated rings. The van der Waals surface area contributed by atoms with Gasteiger partial charge in [-0.2, -0.15) is 0 Å². The highest BCUT2D eigenvalue weighted by Crippen LogP contribution is 2.21. The standard InChI is InChI=1S/C18H20F2N2O5S2/c1-12(13-4-7-15(8-5-13)28(2,24)25)21-18(23)11-22(29(3,26)27)14-6-9-16(19)17(20)10-14/h4-10,12H,11H2,1-3H3,(H,21,23)/t12-/m0/s1. The van der Waals surface area contributed by atoms with Gasteiger partial charge in [0, 0.05) is 12.3 Å². The van der Waals surface area contributed by atoms with Crippen LogP contribution >= 0.6 is 0 Å². The first kappa shape index (κ1) is 22.8. The van der Waals surface area contributed by atoms with E-state index in [0.717, 1.165) is 24.6 Å². The average Bonchev–Trinajstić information content (AvgIpc) is 2.60. The molecule has 2 aromatic rings. The minimum absolute atomic E-state index is 0.126. The normalized spacial score (nSPS) is 13.0. The van der Waals surface area contributed by atoms with Crippen molar-refractivity contribution in [3.05, 3.63) is 59.7 Å². The van der Waals surface area contributed by atoms with Crippen LogP contribution in [0, 0.1) is 11.6 Å². The fourth-order valence-corrected chi connectivity index (χ4v) is 4.02. The lowest BCUT2D eigenvalue weighted by atomic mass is 10.1. The third-order valence-corrected chi connectivity index (χ3v) is 6.33. The van der Waals surface area contributed by atoms with Gasteiger partial charge in [-0.3, -0.25) is 9.10 Å². The van der Waals surface area contributed by atoms with Crippen LogP contribution in [0.15, 0.2) is 47.4 Å². The van der Waals surface area contributed by atoms with Crippen LogP contribution in [0.3, 0.4) is 0 Å². The van der Waals surface area contributed by atoms with Gasteiger partial charge in [-0.1, -0.05) is 12.1 Å². The van der Waals surface area contributed by atoms with E-state index in [2.05, 4.69) is 5.32 Å². The van der Waals surface area contributed by atoms with Crippen LogP contribution < -0.4 is 9.62 Å². The monoisotopic (exact) mass is 446 g/mol. The van der Waals surface area contributed by atoms with E-state index in [1.807, 2.05) is 0 Å². The average molecular weight is 446 g/mol. The lowest BCUT2D eigenvalue weighted by molar-refractivity contribution is -0.120. The van der Waals surface area contributed by atoms with Crippen molar-refractivity contribution in [1.29, 1.82) is 0 Å². The molecule has 1 amide bonds. The number of nitrogens with one attached hydrogen (secondary N) is 1. The van der Waals surface area contributed by atoms with Crippen molar-refractivity contribution in [2.75, 3.05) is 23.4 Å². The Morgan fingerprint density at radius 2 is 1.59 bits per heavy atom. The highest BCUT2D eigenvalue weighted by Gasteiger charge is 2.23. The fourth-order valence-electron chi connectivity index (χ4n) is 2.54. The molecule has 0 bridgehead atoms. The van der Waals surface area contributed by atoms with Crippen molar-refractivity contribution in [2.24, 2.45) is 0 Å². The molecule has 0 aliphatic carbocycles. The maximum atomic E-state index is 13.5. The summed E-state index contributed by atoms with van der Waals surface area (Å²) in [6, 6.07) is 7.83. The van der Waals surface area contributed by atoms with Gasteiger partial charge in [-0.25, -0.2) is 25.6 Å². The summed E-state index contributed by atoms with van der Waals surface area (Å²) >= 11 is 0. The van der Waals surface area contributed by atoms with Gasteiger partial charge < -0.3 is 5.32 Å². The minimum Gasteiger partial charge on any atom is -0.348 e. The minimum atomic E-state index is -3.95. The molecular weight excluding hydrogens is 426 g/mol. The second-order valence-corrected chi connectivity index (χ2v) is 10.4. The molecule has 0 aromatic heterocycles. The van der Waals surface area contributed by atoms with Crippen molar-refractivity contribution < 1.29 is 30.4 Å². The number of hydrogen-bond donors (Lipinski definition) is 1. The molecular formula is C18H20F2N2O5S2. The summed E-state index contributed by atoms with van der Waals surface area (Å²) in [6.07, 6.45) is 1.92. The molecule has 2 rings (SSSR count). The Bertz CT molecular complexity index is 1120. The zero-order chi connectivity index (χ0) is 22.0. The predicted octanol–water partition coefficient (Wildman–Crippen LogP) is 2.01. The second-order valence-electron chi connectivity index (χ2n) is 6.50. The van der Waals surface area contributed by atoms with Gasteiger partial charge in [0.15, 0.2) is 21.5 Å². The number of rotatable bonds is 7. The molecule has 0 aliphatic heterocycles. The van der Waals surface area contributed by atoms with Gasteiger partial charge in [-0.05, 0) is 36.8 Å². The summed E-state index contributed by atoms with van der Waals surface area (Å²) in [4.78, 5) is 12.5. The van der Waals surface area contributed by atoms with Crippen molar-refractivity contribution in [1.82, 2.24) is 5.32 Å². The van der Waals surface area contributed by atoms with E-state index in [1.165, 1.54) is 24.3 Å². The van der Waals surface area contributed by atoms with Gasteiger partial charge in [0.1, 0.15) is 6.54 Å². The van der Waals surface area contributed by atoms with E-state index in [1.54, 1.807) is 6.92 Å². The first-order valence-electron chi connectivity index (χ1n) is 8.31. The van der Waals surface area contributed by atoms with Crippen molar-refractivity contribution in [3.8, 4) is 0 Å². The van der Waals surface area contributed by atoms with Crippen LogP contribution in [0.4, 0.5) is 14.5 Å². The summed E-state index contributed by atoms with van der Waals surface area (Å²) in [5.41, 5.74) is 0.413. The molecule has 0 saturated carbocycles. The van der Waals surface area contributed by atoms with Crippen LogP contribution in [0.5, 0.6) is 0 Å². The molecule has 29 heavy (non-hydrogen) atoms. The third-order valence-electron chi connectivity index (χ3n) is 4.06. The summed E-state index contributed by atoms with van der Waals surface area (Å²) in [5, 5.41) is 2.59. The number of sulfone groups is 1. The zero-order valence-electron chi connectivity index (χ0n) is 15.9. The summed E-state index contributed by atoms with van der Waals surface area (Å²) in [6.45, 7) is 0.991. The van der Waals surface area contributed by atoms with Gasteiger partial charge in [0.25, 0.3) is 0 Å². The first-order valence-corrected chi connectivity index (χ1v) is 12.0. The number of halogens is 2. The maximum absolute atomic E-state index is 13.5. The Balaban J connectivity index is 2.16. The number of hydrogen-bond acceptors (Lipinski definition) is 5. The van der Waals surface area contributed by atoms with E-state index in [9.17, 15) is 30.4 Å². The number of nitrogens with zero attached hydrogens (tertiary/aromatic N) is 1. The van der Waals surface area contributed by atoms with Gasteiger partial charge in [-0.15, -0.1) is 0 Å². The number of anilines is 1. The van der Waals surface area contributed by atoms with Crippen LogP contribution in [0.25, 0.3) is 0 Å². The number of sulfonamides is 1. The molecule has 0 heterocycles. The largest absolute Gasteiger partial charge is 0.348 e. The number of amides is 1. The van der Waals surface area contributed by atoms with E-state index < -0.39 is 50.0 Å². The predicted molar refractivity (Wildman–Crippen MR) is 105 cm³/mol. The molecule has 158 valence electrons. The van der Waals surface area contributed by atoms with E-state index in [4.69, 9.17) is 0 Å². The Morgan fingerprint density at radius 3 is 2.07 bits per heavy atom. The molecule has 0 unspecified atom stereocenters. The van der Waals surface area contributed by atoms with Crippen LogP contribution in [-0.4, -0.2) is 41.8 Å². The van der Waals surface area contributed by atoms with Crippen molar-refractivity contribution >= 4 is 31.5 Å². The molecule has 0 radical (unpaired) electrons. The van der Waals surface area contributed by atoms with Crippen LogP contribution in [0.2, 0.25) is 0 Å². The Labute approximate surface area is 168 Å². The van der Waals surface area contributed by atoms with E-state index >= 15 is 0 Å². The van der Waals surface area contributed by atoms with Gasteiger partial charge >= 0.3 is 0 Å². The lowest BCUT2D eigenvalue weighted by Crippen LogP contribution is -2.41. The van der Waals surface area contributed by atoms with Gasteiger partial charge in [0.05, 0.1) is 22.9 Å². The second kappa shape index (κ2) is 8.46. The number of carbonyl (C=O) groups excluding carboxylic acids is 1. The number of benzene rings is 2. The van der Waals surface area contributed by atoms with E-state index in [-0.39, 0.29) is 10.6 Å². The van der Waals surface area contributed by atoms with Crippen LogP contribution in [0.1, 0.15) is 18.5 Å². The zero-order valence-corrected chi connectivity index (χ0v) is 17.5. The molecule has 0 saturated heterocycles. The molecule has 2 aromatic carbocycles. The molecule has 0 spiro atoms. The molecule has 7 nitrogen and oxygen atoms in total. The highest BCUT2D eigenvalue weighted by molar-refractivity contribution is 7.92. The van der Waals surface area contributed by atoms with Crippen molar-refractivity contribution in [3.63, 3.8) is 0 Å².